The molecule has 0 radical (unpaired) electrons. The molecule has 0 fully saturated rings. The van der Waals surface area contributed by atoms with E-state index in [2.05, 4.69) is 30.4 Å². The van der Waals surface area contributed by atoms with E-state index >= 15 is 0 Å². The van der Waals surface area contributed by atoms with Gasteiger partial charge in [-0.2, -0.15) is 0 Å². The van der Waals surface area contributed by atoms with E-state index < -0.39 is 0 Å². The minimum atomic E-state index is 0.317. The average molecular weight is 290 g/mol. The summed E-state index contributed by atoms with van der Waals surface area (Å²) in [4.78, 5) is 0. The lowest BCUT2D eigenvalue weighted by Gasteiger charge is -2.18. The smallest absolute Gasteiger partial charge is 0.118 e. The van der Waals surface area contributed by atoms with E-state index in [1.165, 1.54) is 5.56 Å². The lowest BCUT2D eigenvalue weighted by Crippen LogP contribution is -2.20. The van der Waals surface area contributed by atoms with Gasteiger partial charge in [0, 0.05) is 17.6 Å². The van der Waals surface area contributed by atoms with Crippen molar-refractivity contribution in [3.05, 3.63) is 64.7 Å². The minimum absolute atomic E-state index is 0.317. The molecule has 0 amide bonds. The third-order valence-corrected chi connectivity index (χ3v) is 3.79. The molecule has 1 N–H and O–H groups in total. The highest BCUT2D eigenvalue weighted by Crippen LogP contribution is 2.22. The van der Waals surface area contributed by atoms with Crippen LogP contribution < -0.4 is 10.1 Å². The van der Waals surface area contributed by atoms with Gasteiger partial charge in [-0.15, -0.1) is 0 Å². The summed E-state index contributed by atoms with van der Waals surface area (Å²) in [7, 11) is 1.68. The summed E-state index contributed by atoms with van der Waals surface area (Å²) in [6.45, 7) is 2.94. The van der Waals surface area contributed by atoms with Crippen LogP contribution in [0.1, 0.15) is 30.5 Å². The van der Waals surface area contributed by atoms with Gasteiger partial charge in [-0.05, 0) is 35.7 Å². The van der Waals surface area contributed by atoms with Gasteiger partial charge >= 0.3 is 0 Å². The average Bonchev–Trinajstić information content (AvgIpc) is 2.50. The predicted octanol–water partition coefficient (Wildman–Crippen LogP) is 4.59. The Kier molecular flexibility index (Phi) is 5.45. The Balaban J connectivity index is 2.03. The second-order valence-electron chi connectivity index (χ2n) is 4.71. The van der Waals surface area contributed by atoms with Gasteiger partial charge in [-0.25, -0.2) is 0 Å². The van der Waals surface area contributed by atoms with E-state index in [4.69, 9.17) is 16.3 Å². The molecular weight excluding hydrogens is 270 g/mol. The van der Waals surface area contributed by atoms with Crippen LogP contribution in [0.2, 0.25) is 5.02 Å². The summed E-state index contributed by atoms with van der Waals surface area (Å²) in [5.41, 5.74) is 2.39. The van der Waals surface area contributed by atoms with E-state index in [0.29, 0.717) is 6.04 Å². The van der Waals surface area contributed by atoms with Crippen LogP contribution in [-0.4, -0.2) is 7.11 Å². The van der Waals surface area contributed by atoms with Crippen molar-refractivity contribution in [1.82, 2.24) is 5.32 Å². The molecule has 0 aliphatic heterocycles. The van der Waals surface area contributed by atoms with Gasteiger partial charge in [0.15, 0.2) is 0 Å². The number of hydrogen-bond acceptors (Lipinski definition) is 2. The normalized spacial score (nSPS) is 12.2. The summed E-state index contributed by atoms with van der Waals surface area (Å²) in [6.07, 6.45) is 1.02. The molecule has 1 unspecified atom stereocenters. The highest BCUT2D eigenvalue weighted by molar-refractivity contribution is 6.31. The Bertz CT molecular complexity index is 539. The molecule has 2 aromatic rings. The summed E-state index contributed by atoms with van der Waals surface area (Å²) < 4.78 is 5.19. The van der Waals surface area contributed by atoms with Gasteiger partial charge in [-0.1, -0.05) is 48.9 Å². The molecule has 1 atom stereocenters. The number of benzene rings is 2. The first-order valence-electron chi connectivity index (χ1n) is 6.85. The third kappa shape index (κ3) is 3.75. The predicted molar refractivity (Wildman–Crippen MR) is 84.3 cm³/mol. The van der Waals surface area contributed by atoms with Gasteiger partial charge in [-0.3, -0.25) is 0 Å². The van der Waals surface area contributed by atoms with Crippen LogP contribution in [0.4, 0.5) is 0 Å². The SMILES string of the molecule is CCC(NCc1ccccc1Cl)c1ccc(OC)cc1. The van der Waals surface area contributed by atoms with Crippen molar-refractivity contribution in [2.75, 3.05) is 7.11 Å². The van der Waals surface area contributed by atoms with Gasteiger partial charge in [0.2, 0.25) is 0 Å². The van der Waals surface area contributed by atoms with Crippen LogP contribution in [0.5, 0.6) is 5.75 Å². The zero-order chi connectivity index (χ0) is 14.4. The summed E-state index contributed by atoms with van der Waals surface area (Å²) in [6, 6.07) is 16.5. The van der Waals surface area contributed by atoms with E-state index in [-0.39, 0.29) is 0 Å². The number of methoxy groups -OCH3 is 1. The van der Waals surface area contributed by atoms with Gasteiger partial charge in [0.25, 0.3) is 0 Å². The van der Waals surface area contributed by atoms with Crippen molar-refractivity contribution in [2.24, 2.45) is 0 Å². The number of nitrogens with one attached hydrogen (secondary N) is 1. The first-order valence-corrected chi connectivity index (χ1v) is 7.23. The quantitative estimate of drug-likeness (QED) is 0.840. The summed E-state index contributed by atoms with van der Waals surface area (Å²) >= 11 is 6.18. The van der Waals surface area contributed by atoms with E-state index in [9.17, 15) is 0 Å². The van der Waals surface area contributed by atoms with Crippen molar-refractivity contribution in [1.29, 1.82) is 0 Å². The maximum Gasteiger partial charge on any atom is 0.118 e. The van der Waals surface area contributed by atoms with Crippen LogP contribution in [0.3, 0.4) is 0 Å². The zero-order valence-electron chi connectivity index (χ0n) is 11.9. The van der Waals surface area contributed by atoms with E-state index in [1.807, 2.05) is 30.3 Å². The maximum absolute atomic E-state index is 6.18. The number of hydrogen-bond donors (Lipinski definition) is 1. The number of ether oxygens (including phenoxy) is 1. The molecule has 2 nitrogen and oxygen atoms in total. The molecule has 0 saturated heterocycles. The third-order valence-electron chi connectivity index (χ3n) is 3.42. The second kappa shape index (κ2) is 7.32. The molecule has 0 aliphatic rings. The molecule has 0 bridgehead atoms. The fourth-order valence-electron chi connectivity index (χ4n) is 2.21. The zero-order valence-corrected chi connectivity index (χ0v) is 12.7. The summed E-state index contributed by atoms with van der Waals surface area (Å²) in [5, 5.41) is 4.36. The first-order chi connectivity index (χ1) is 9.74. The Morgan fingerprint density at radius 2 is 1.80 bits per heavy atom. The first kappa shape index (κ1) is 14.9. The fraction of sp³-hybridized carbons (Fsp3) is 0.294. The Morgan fingerprint density at radius 1 is 1.10 bits per heavy atom. The van der Waals surface area contributed by atoms with Gasteiger partial charge in [0.05, 0.1) is 7.11 Å². The minimum Gasteiger partial charge on any atom is -0.497 e. The van der Waals surface area contributed by atoms with Crippen molar-refractivity contribution in [2.45, 2.75) is 25.9 Å². The molecule has 0 aromatic heterocycles. The molecule has 2 aromatic carbocycles. The molecule has 106 valence electrons. The highest BCUT2D eigenvalue weighted by atomic mass is 35.5. The van der Waals surface area contributed by atoms with E-state index in [0.717, 1.165) is 29.3 Å². The Morgan fingerprint density at radius 3 is 2.40 bits per heavy atom. The van der Waals surface area contributed by atoms with E-state index in [1.54, 1.807) is 7.11 Å². The second-order valence-corrected chi connectivity index (χ2v) is 5.11. The Labute approximate surface area is 125 Å². The van der Waals surface area contributed by atoms with Gasteiger partial charge in [0.1, 0.15) is 5.75 Å². The molecular formula is C17H20ClNO. The monoisotopic (exact) mass is 289 g/mol. The molecule has 2 rings (SSSR count). The van der Waals surface area contributed by atoms with Crippen LogP contribution >= 0.6 is 11.6 Å². The maximum atomic E-state index is 6.18. The lowest BCUT2D eigenvalue weighted by atomic mass is 10.0. The van der Waals surface area contributed by atoms with Crippen LogP contribution in [-0.2, 0) is 6.54 Å². The standard InChI is InChI=1S/C17H20ClNO/c1-3-17(13-8-10-15(20-2)11-9-13)19-12-14-6-4-5-7-16(14)18/h4-11,17,19H,3,12H2,1-2H3. The van der Waals surface area contributed by atoms with Crippen molar-refractivity contribution in [3.63, 3.8) is 0 Å². The lowest BCUT2D eigenvalue weighted by molar-refractivity contribution is 0.414. The summed E-state index contributed by atoms with van der Waals surface area (Å²) in [5.74, 6) is 0.884. The van der Waals surface area contributed by atoms with Crippen LogP contribution in [0, 0.1) is 0 Å². The number of halogens is 1. The topological polar surface area (TPSA) is 21.3 Å². The van der Waals surface area contributed by atoms with Crippen LogP contribution in [0.15, 0.2) is 48.5 Å². The Hall–Kier alpha value is -1.51. The molecule has 0 spiro atoms. The van der Waals surface area contributed by atoms with Gasteiger partial charge < -0.3 is 10.1 Å². The number of rotatable bonds is 6. The fourth-order valence-corrected chi connectivity index (χ4v) is 2.41. The highest BCUT2D eigenvalue weighted by Gasteiger charge is 2.09. The largest absolute Gasteiger partial charge is 0.497 e. The van der Waals surface area contributed by atoms with Crippen molar-refractivity contribution >= 4 is 11.6 Å². The van der Waals surface area contributed by atoms with Crippen molar-refractivity contribution < 1.29 is 4.74 Å². The molecule has 0 saturated carbocycles. The molecule has 3 heteroatoms. The molecule has 0 aliphatic carbocycles. The van der Waals surface area contributed by atoms with Crippen molar-refractivity contribution in [3.8, 4) is 5.75 Å². The van der Waals surface area contributed by atoms with Crippen LogP contribution in [0.25, 0.3) is 0 Å². The molecule has 0 heterocycles. The molecule has 20 heavy (non-hydrogen) atoms.